The third kappa shape index (κ3) is 4.91. The van der Waals surface area contributed by atoms with Gasteiger partial charge >= 0.3 is 5.69 Å². The molecule has 2 heterocycles. The summed E-state index contributed by atoms with van der Waals surface area (Å²) in [6.45, 7) is 3.44. The Morgan fingerprint density at radius 1 is 1.18 bits per heavy atom. The molecule has 2 saturated heterocycles. The number of carbonyl (C=O) groups is 2. The summed E-state index contributed by atoms with van der Waals surface area (Å²) in [6, 6.07) is 8.58. The summed E-state index contributed by atoms with van der Waals surface area (Å²) in [5.41, 5.74) is 0.893. The van der Waals surface area contributed by atoms with Gasteiger partial charge in [-0.15, -0.1) is 0 Å². The highest BCUT2D eigenvalue weighted by molar-refractivity contribution is 6.31. The molecule has 2 aromatic rings. The molecule has 2 aliphatic heterocycles. The maximum absolute atomic E-state index is 13.7. The zero-order valence-electron chi connectivity index (χ0n) is 18.0. The smallest absolute Gasteiger partial charge is 0.306 e. The van der Waals surface area contributed by atoms with E-state index in [2.05, 4.69) is 22.2 Å². The molecule has 1 atom stereocenters. The van der Waals surface area contributed by atoms with Gasteiger partial charge in [0.25, 0.3) is 0 Å². The van der Waals surface area contributed by atoms with Gasteiger partial charge in [0.1, 0.15) is 0 Å². The molecule has 4 rings (SSSR count). The molecular weight excluding hydrogens is 453 g/mol. The first-order valence-corrected chi connectivity index (χ1v) is 10.9. The third-order valence-corrected chi connectivity index (χ3v) is 6.23. The minimum absolute atomic E-state index is 0.0395. The zero-order chi connectivity index (χ0) is 23.7. The van der Waals surface area contributed by atoms with E-state index in [-0.39, 0.29) is 30.5 Å². The van der Waals surface area contributed by atoms with E-state index in [0.717, 1.165) is 44.0 Å². The number of halogens is 2. The standard InChI is InChI=1S/C22H23ClFN5O4/c1-26-6-8-27(9-7-26)19-5-2-15(23)11-18(19)25-22(31)14-10-21(30)28(13-14)16-3-4-17(24)20(12-16)29(32)33/h2-5,11-12,14H,6-10,13H2,1H3,(H,25,31). The maximum Gasteiger partial charge on any atom is 0.306 e. The second kappa shape index (κ2) is 9.32. The predicted molar refractivity (Wildman–Crippen MR) is 123 cm³/mol. The number of nitrogens with zero attached hydrogens (tertiary/aromatic N) is 4. The zero-order valence-corrected chi connectivity index (χ0v) is 18.7. The Labute approximate surface area is 194 Å². The van der Waals surface area contributed by atoms with Crippen LogP contribution >= 0.6 is 11.6 Å². The van der Waals surface area contributed by atoms with Crippen molar-refractivity contribution in [2.75, 3.05) is 54.9 Å². The van der Waals surface area contributed by atoms with Gasteiger partial charge in [0.15, 0.2) is 0 Å². The SMILES string of the molecule is CN1CCN(c2ccc(Cl)cc2NC(=O)C2CC(=O)N(c3ccc(F)c([N+](=O)[O-])c3)C2)CC1. The van der Waals surface area contributed by atoms with Gasteiger partial charge in [-0.25, -0.2) is 0 Å². The van der Waals surface area contributed by atoms with Gasteiger partial charge in [-0.3, -0.25) is 19.7 Å². The summed E-state index contributed by atoms with van der Waals surface area (Å²) in [5.74, 6) is -2.36. The highest BCUT2D eigenvalue weighted by Gasteiger charge is 2.36. The van der Waals surface area contributed by atoms with Crippen molar-refractivity contribution in [3.63, 3.8) is 0 Å². The Bertz CT molecular complexity index is 1110. The van der Waals surface area contributed by atoms with Gasteiger partial charge in [-0.05, 0) is 37.4 Å². The number of nitro benzene ring substituents is 1. The minimum atomic E-state index is -0.984. The lowest BCUT2D eigenvalue weighted by molar-refractivity contribution is -0.387. The monoisotopic (exact) mass is 475 g/mol. The molecule has 11 heteroatoms. The van der Waals surface area contributed by atoms with Crippen molar-refractivity contribution in [3.05, 3.63) is 57.4 Å². The number of hydrogen-bond donors (Lipinski definition) is 1. The molecule has 0 bridgehead atoms. The molecule has 0 spiro atoms. The molecule has 2 amide bonds. The van der Waals surface area contributed by atoms with Crippen molar-refractivity contribution >= 4 is 46.2 Å². The van der Waals surface area contributed by atoms with Crippen LogP contribution in [0.4, 0.5) is 27.1 Å². The molecule has 0 radical (unpaired) electrons. The van der Waals surface area contributed by atoms with Crippen molar-refractivity contribution in [3.8, 4) is 0 Å². The molecule has 1 N–H and O–H groups in total. The molecule has 2 aliphatic rings. The number of nitrogens with one attached hydrogen (secondary N) is 1. The summed E-state index contributed by atoms with van der Waals surface area (Å²) in [5, 5.41) is 14.4. The number of hydrogen-bond acceptors (Lipinski definition) is 6. The van der Waals surface area contributed by atoms with Crippen LogP contribution in [-0.2, 0) is 9.59 Å². The Balaban J connectivity index is 1.50. The first-order chi connectivity index (χ1) is 15.7. The van der Waals surface area contributed by atoms with Gasteiger partial charge in [-0.1, -0.05) is 11.6 Å². The van der Waals surface area contributed by atoms with E-state index >= 15 is 0 Å². The highest BCUT2D eigenvalue weighted by Crippen LogP contribution is 2.33. The number of piperazine rings is 1. The summed E-state index contributed by atoms with van der Waals surface area (Å²) < 4.78 is 13.7. The van der Waals surface area contributed by atoms with E-state index in [1.54, 1.807) is 12.1 Å². The number of benzene rings is 2. The van der Waals surface area contributed by atoms with Gasteiger partial charge in [0.2, 0.25) is 17.6 Å². The van der Waals surface area contributed by atoms with Crippen molar-refractivity contribution in [2.24, 2.45) is 5.92 Å². The Morgan fingerprint density at radius 3 is 2.61 bits per heavy atom. The quantitative estimate of drug-likeness (QED) is 0.527. The van der Waals surface area contributed by atoms with Crippen LogP contribution in [-0.4, -0.2) is 61.4 Å². The number of likely N-dealkylation sites (N-methyl/N-ethyl adjacent to an activating group) is 1. The van der Waals surface area contributed by atoms with Crippen LogP contribution in [0.1, 0.15) is 6.42 Å². The topological polar surface area (TPSA) is 99.0 Å². The average molecular weight is 476 g/mol. The lowest BCUT2D eigenvalue weighted by atomic mass is 10.1. The van der Waals surface area contributed by atoms with Gasteiger partial charge in [0, 0.05) is 50.2 Å². The second-order valence-corrected chi connectivity index (χ2v) is 8.68. The van der Waals surface area contributed by atoms with Crippen LogP contribution in [0, 0.1) is 21.8 Å². The third-order valence-electron chi connectivity index (χ3n) is 5.99. The maximum atomic E-state index is 13.7. The van der Waals surface area contributed by atoms with Gasteiger partial charge in [-0.2, -0.15) is 4.39 Å². The average Bonchev–Trinajstić information content (AvgIpc) is 3.17. The van der Waals surface area contributed by atoms with Gasteiger partial charge in [0.05, 0.1) is 27.9 Å². The van der Waals surface area contributed by atoms with E-state index in [1.165, 1.54) is 11.0 Å². The van der Waals surface area contributed by atoms with Crippen LogP contribution in [0.2, 0.25) is 5.02 Å². The fourth-order valence-corrected chi connectivity index (χ4v) is 4.28. The summed E-state index contributed by atoms with van der Waals surface area (Å²) in [7, 11) is 2.06. The lowest BCUT2D eigenvalue weighted by Crippen LogP contribution is -2.44. The lowest BCUT2D eigenvalue weighted by Gasteiger charge is -2.35. The predicted octanol–water partition coefficient (Wildman–Crippen LogP) is 3.13. The summed E-state index contributed by atoms with van der Waals surface area (Å²) in [4.78, 5) is 41.5. The second-order valence-electron chi connectivity index (χ2n) is 8.24. The highest BCUT2D eigenvalue weighted by atomic mass is 35.5. The van der Waals surface area contributed by atoms with E-state index in [0.29, 0.717) is 10.7 Å². The molecule has 174 valence electrons. The fourth-order valence-electron chi connectivity index (χ4n) is 4.11. The van der Waals surface area contributed by atoms with Crippen LogP contribution in [0.5, 0.6) is 0 Å². The Hall–Kier alpha value is -3.24. The van der Waals surface area contributed by atoms with E-state index in [4.69, 9.17) is 11.6 Å². The van der Waals surface area contributed by atoms with Crippen molar-refractivity contribution in [2.45, 2.75) is 6.42 Å². The molecule has 1 unspecified atom stereocenters. The molecule has 0 saturated carbocycles. The molecule has 0 aromatic heterocycles. The minimum Gasteiger partial charge on any atom is -0.367 e. The largest absolute Gasteiger partial charge is 0.367 e. The summed E-state index contributed by atoms with van der Waals surface area (Å²) >= 11 is 6.18. The fraction of sp³-hybridized carbons (Fsp3) is 0.364. The van der Waals surface area contributed by atoms with Crippen LogP contribution < -0.4 is 15.1 Å². The first-order valence-electron chi connectivity index (χ1n) is 10.5. The number of anilines is 3. The van der Waals surface area contributed by atoms with E-state index in [1.807, 2.05) is 6.07 Å². The molecule has 2 aromatic carbocycles. The number of carbonyl (C=O) groups excluding carboxylic acids is 2. The van der Waals surface area contributed by atoms with E-state index in [9.17, 15) is 24.1 Å². The van der Waals surface area contributed by atoms with Crippen molar-refractivity contribution in [1.82, 2.24) is 4.90 Å². The van der Waals surface area contributed by atoms with Crippen LogP contribution in [0.15, 0.2) is 36.4 Å². The Morgan fingerprint density at radius 2 is 1.91 bits per heavy atom. The van der Waals surface area contributed by atoms with Crippen molar-refractivity contribution in [1.29, 1.82) is 0 Å². The Kier molecular flexibility index (Phi) is 6.48. The van der Waals surface area contributed by atoms with Gasteiger partial charge < -0.3 is 20.0 Å². The molecule has 33 heavy (non-hydrogen) atoms. The summed E-state index contributed by atoms with van der Waals surface area (Å²) in [6.07, 6.45) is -0.0542. The molecule has 2 fully saturated rings. The molecule has 9 nitrogen and oxygen atoms in total. The number of nitro groups is 1. The number of rotatable bonds is 5. The van der Waals surface area contributed by atoms with Crippen molar-refractivity contribution < 1.29 is 18.9 Å². The molecular formula is C22H23ClFN5O4. The normalized spacial score (nSPS) is 19.1. The van der Waals surface area contributed by atoms with E-state index < -0.39 is 22.3 Å². The number of amides is 2. The molecule has 0 aliphatic carbocycles. The first kappa shape index (κ1) is 22.9. The van der Waals surface area contributed by atoms with Crippen LogP contribution in [0.3, 0.4) is 0 Å². The van der Waals surface area contributed by atoms with Crippen LogP contribution in [0.25, 0.3) is 0 Å².